The van der Waals surface area contributed by atoms with Gasteiger partial charge in [0, 0.05) is 31.7 Å². The molecule has 148 valence electrons. The van der Waals surface area contributed by atoms with E-state index in [9.17, 15) is 17.9 Å². The third-order valence-corrected chi connectivity index (χ3v) is 6.86. The van der Waals surface area contributed by atoms with Crippen LogP contribution in [0.25, 0.3) is 4.85 Å². The van der Waals surface area contributed by atoms with Gasteiger partial charge in [-0.2, -0.15) is 4.31 Å². The molecule has 0 saturated carbocycles. The molecule has 0 radical (unpaired) electrons. The normalized spacial score (nSPS) is 22.9. The lowest BCUT2D eigenvalue weighted by molar-refractivity contribution is 0.0236. The molecule has 10 heteroatoms. The van der Waals surface area contributed by atoms with Crippen LogP contribution in [-0.2, 0) is 16.4 Å². The minimum absolute atomic E-state index is 0.00648. The molecule has 3 rings (SSSR count). The van der Waals surface area contributed by atoms with E-state index >= 15 is 0 Å². The number of halogens is 2. The van der Waals surface area contributed by atoms with Crippen LogP contribution in [0.4, 0.5) is 10.1 Å². The number of β-amino-alcohol motifs (C(OH)–C–C–N with tert-alkyl or cyclic N) is 1. The first-order chi connectivity index (χ1) is 13.2. The van der Waals surface area contributed by atoms with Crippen molar-refractivity contribution in [1.29, 1.82) is 0 Å². The Morgan fingerprint density at radius 1 is 1.43 bits per heavy atom. The van der Waals surface area contributed by atoms with Crippen molar-refractivity contribution in [3.8, 4) is 0 Å². The first kappa shape index (κ1) is 20.6. The van der Waals surface area contributed by atoms with Gasteiger partial charge >= 0.3 is 0 Å². The average molecular weight is 425 g/mol. The lowest BCUT2D eigenvalue weighted by Gasteiger charge is -2.27. The zero-order valence-corrected chi connectivity index (χ0v) is 16.3. The molecule has 1 aliphatic rings. The first-order valence-electron chi connectivity index (χ1n) is 8.39. The van der Waals surface area contributed by atoms with Crippen LogP contribution in [0.5, 0.6) is 0 Å². The number of benzene rings is 1. The van der Waals surface area contributed by atoms with Crippen LogP contribution in [0, 0.1) is 18.3 Å². The number of aliphatic hydroxyl groups is 1. The maximum atomic E-state index is 13.9. The maximum Gasteiger partial charge on any atom is 0.260 e. The van der Waals surface area contributed by atoms with Gasteiger partial charge in [0.05, 0.1) is 17.2 Å². The molecule has 3 N–H and O–H groups in total. The Kier molecular flexibility index (Phi) is 5.70. The first-order valence-corrected chi connectivity index (χ1v) is 10.2. The van der Waals surface area contributed by atoms with Gasteiger partial charge in [-0.3, -0.25) is 0 Å². The number of hydrogen-bond donors (Lipinski definition) is 2. The third-order valence-electron chi connectivity index (χ3n) is 4.91. The molecule has 0 unspecified atom stereocenters. The lowest BCUT2D eigenvalue weighted by atomic mass is 9.86. The lowest BCUT2D eigenvalue weighted by Crippen LogP contribution is -2.46. The van der Waals surface area contributed by atoms with E-state index in [4.69, 9.17) is 23.9 Å². The number of hydrogen-bond acceptors (Lipinski definition) is 5. The summed E-state index contributed by atoms with van der Waals surface area (Å²) in [5.41, 5.74) is 4.72. The van der Waals surface area contributed by atoms with Crippen molar-refractivity contribution in [3.63, 3.8) is 0 Å². The molecule has 0 bridgehead atoms. The van der Waals surface area contributed by atoms with Crippen molar-refractivity contribution in [2.24, 2.45) is 11.7 Å². The monoisotopic (exact) mass is 424 g/mol. The van der Waals surface area contributed by atoms with Crippen LogP contribution >= 0.6 is 11.6 Å². The highest BCUT2D eigenvalue weighted by molar-refractivity contribution is 7.89. The van der Waals surface area contributed by atoms with Crippen molar-refractivity contribution in [2.45, 2.75) is 17.0 Å². The number of nitrogens with zero attached hydrogens (tertiary/aromatic N) is 3. The largest absolute Gasteiger partial charge is 0.387 e. The molecule has 28 heavy (non-hydrogen) atoms. The van der Waals surface area contributed by atoms with E-state index in [-0.39, 0.29) is 36.8 Å². The van der Waals surface area contributed by atoms with Crippen LogP contribution in [-0.4, -0.2) is 48.0 Å². The van der Waals surface area contributed by atoms with Crippen molar-refractivity contribution < 1.29 is 17.9 Å². The van der Waals surface area contributed by atoms with Gasteiger partial charge in [-0.1, -0.05) is 23.7 Å². The Labute approximate surface area is 167 Å². The van der Waals surface area contributed by atoms with Crippen LogP contribution in [0.15, 0.2) is 41.6 Å². The van der Waals surface area contributed by atoms with E-state index in [0.717, 1.165) is 4.31 Å². The molecule has 0 amide bonds. The number of pyridine rings is 1. The highest BCUT2D eigenvalue weighted by Gasteiger charge is 2.48. The van der Waals surface area contributed by atoms with Gasteiger partial charge < -0.3 is 10.8 Å². The number of nitrogens with two attached hydrogens (primary N) is 1. The number of aromatic nitrogens is 1. The van der Waals surface area contributed by atoms with Crippen LogP contribution in [0.1, 0.15) is 5.56 Å². The van der Waals surface area contributed by atoms with Crippen molar-refractivity contribution in [2.75, 3.05) is 19.6 Å². The van der Waals surface area contributed by atoms with Gasteiger partial charge in [-0.15, -0.1) is 0 Å². The Bertz CT molecular complexity index is 1030. The van der Waals surface area contributed by atoms with Gasteiger partial charge in [0.25, 0.3) is 10.0 Å². The second-order valence-electron chi connectivity index (χ2n) is 6.72. The molecule has 7 nitrogen and oxygen atoms in total. The molecule has 1 aromatic heterocycles. The zero-order valence-electron chi connectivity index (χ0n) is 14.7. The number of rotatable bonds is 5. The summed E-state index contributed by atoms with van der Waals surface area (Å²) in [4.78, 5) is 6.93. The van der Waals surface area contributed by atoms with E-state index in [0.29, 0.717) is 10.6 Å². The Balaban J connectivity index is 1.86. The molecule has 2 atom stereocenters. The molecule has 1 aromatic carbocycles. The standard InChI is InChI=1S/C18H18ClFN4O3S/c1-22-16-4-2-12(7-15(16)20)6-13-9-24(11-18(13,25)10-21)28(26,27)17-5-3-14(19)8-23-17/h2-5,7-8,13,25H,6,9-11,21H2/t13-,18-/m0/s1. The van der Waals surface area contributed by atoms with Crippen LogP contribution < -0.4 is 5.73 Å². The quantitative estimate of drug-likeness (QED) is 0.715. The highest BCUT2D eigenvalue weighted by Crippen LogP contribution is 2.34. The molecular formula is C18H18ClFN4O3S. The summed E-state index contributed by atoms with van der Waals surface area (Å²) >= 11 is 5.76. The van der Waals surface area contributed by atoms with Crippen molar-refractivity contribution in [1.82, 2.24) is 9.29 Å². The van der Waals surface area contributed by atoms with Crippen LogP contribution in [0.3, 0.4) is 0 Å². The SMILES string of the molecule is [C-]#[N+]c1ccc(C[C@H]2CN(S(=O)(=O)c3ccc(Cl)cn3)C[C@@]2(O)CN)cc1F. The molecule has 1 saturated heterocycles. The fourth-order valence-corrected chi connectivity index (χ4v) is 4.86. The molecule has 0 aliphatic carbocycles. The molecular weight excluding hydrogens is 407 g/mol. The summed E-state index contributed by atoms with van der Waals surface area (Å²) in [6, 6.07) is 6.89. The number of sulfonamides is 1. The van der Waals surface area contributed by atoms with E-state index in [2.05, 4.69) is 9.83 Å². The highest BCUT2D eigenvalue weighted by atomic mass is 35.5. The Hall–Kier alpha value is -2.09. The van der Waals surface area contributed by atoms with Crippen molar-refractivity contribution >= 4 is 27.3 Å². The van der Waals surface area contributed by atoms with Crippen molar-refractivity contribution in [3.05, 3.63) is 64.3 Å². The van der Waals surface area contributed by atoms with Gasteiger partial charge in [0.2, 0.25) is 5.69 Å². The smallest absolute Gasteiger partial charge is 0.260 e. The maximum absolute atomic E-state index is 13.9. The second-order valence-corrected chi connectivity index (χ2v) is 9.04. The van der Waals surface area contributed by atoms with E-state index in [1.807, 2.05) is 0 Å². The molecule has 1 aliphatic heterocycles. The van der Waals surface area contributed by atoms with E-state index < -0.39 is 27.4 Å². The Morgan fingerprint density at radius 3 is 2.75 bits per heavy atom. The van der Waals surface area contributed by atoms with Gasteiger partial charge in [-0.25, -0.2) is 22.6 Å². The fourth-order valence-electron chi connectivity index (χ4n) is 3.28. The topological polar surface area (TPSA) is 101 Å². The Morgan fingerprint density at radius 2 is 2.18 bits per heavy atom. The van der Waals surface area contributed by atoms with E-state index in [1.54, 1.807) is 6.07 Å². The second kappa shape index (κ2) is 7.73. The minimum atomic E-state index is -3.95. The minimum Gasteiger partial charge on any atom is -0.387 e. The van der Waals surface area contributed by atoms with Gasteiger partial charge in [0.15, 0.2) is 5.03 Å². The summed E-state index contributed by atoms with van der Waals surface area (Å²) in [5, 5.41) is 11.0. The summed E-state index contributed by atoms with van der Waals surface area (Å²) in [6.07, 6.45) is 1.45. The van der Waals surface area contributed by atoms with E-state index in [1.165, 1.54) is 30.5 Å². The molecule has 1 fully saturated rings. The summed E-state index contributed by atoms with van der Waals surface area (Å²) in [6.45, 7) is 6.57. The molecule has 2 aromatic rings. The molecule has 0 spiro atoms. The third kappa shape index (κ3) is 3.87. The summed E-state index contributed by atoms with van der Waals surface area (Å²) < 4.78 is 40.7. The summed E-state index contributed by atoms with van der Waals surface area (Å²) in [5.74, 6) is -1.20. The average Bonchev–Trinajstić information content (AvgIpc) is 3.00. The van der Waals surface area contributed by atoms with Gasteiger partial charge in [-0.05, 0) is 30.2 Å². The summed E-state index contributed by atoms with van der Waals surface area (Å²) in [7, 11) is -3.95. The predicted molar refractivity (Wildman–Crippen MR) is 102 cm³/mol. The molecule has 2 heterocycles. The fraction of sp³-hybridized carbons (Fsp3) is 0.333. The zero-order chi connectivity index (χ0) is 20.5. The predicted octanol–water partition coefficient (Wildman–Crippen LogP) is 1.98. The van der Waals surface area contributed by atoms with Gasteiger partial charge in [0.1, 0.15) is 5.82 Å². The van der Waals surface area contributed by atoms with Crippen LogP contribution in [0.2, 0.25) is 5.02 Å².